The summed E-state index contributed by atoms with van der Waals surface area (Å²) in [5.41, 5.74) is 7.17. The normalized spacial score (nSPS) is 20.2. The first-order chi connectivity index (χ1) is 9.66. The van der Waals surface area contributed by atoms with Crippen LogP contribution in [0.3, 0.4) is 0 Å². The van der Waals surface area contributed by atoms with Gasteiger partial charge in [0.15, 0.2) is 0 Å². The molecule has 0 aliphatic carbocycles. The van der Waals surface area contributed by atoms with Crippen molar-refractivity contribution in [1.82, 2.24) is 9.55 Å². The molecule has 1 aromatic heterocycles. The number of nitrogens with zero attached hydrogens (tertiary/aromatic N) is 2. The van der Waals surface area contributed by atoms with Gasteiger partial charge in [-0.3, -0.25) is 4.57 Å². The smallest absolute Gasteiger partial charge is 0.150 e. The Morgan fingerprint density at radius 2 is 2.25 bits per heavy atom. The lowest BCUT2D eigenvalue weighted by Crippen LogP contribution is -2.24. The van der Waals surface area contributed by atoms with Crippen LogP contribution < -0.4 is 5.73 Å². The molecule has 0 amide bonds. The van der Waals surface area contributed by atoms with Crippen molar-refractivity contribution in [3.63, 3.8) is 0 Å². The molecule has 2 N–H and O–H groups in total. The standard InChI is InChI=1S/C14H15F2N3O/c15-10-1-2-12(11(16)5-10)19-8-18-6-13(19)14(17)9-3-4-20-7-9/h1-2,5-6,8-9,14H,3-4,7,17H2. The third-order valence-corrected chi connectivity index (χ3v) is 3.65. The first-order valence-corrected chi connectivity index (χ1v) is 6.48. The average Bonchev–Trinajstić information content (AvgIpc) is 3.09. The molecule has 1 aliphatic rings. The topological polar surface area (TPSA) is 53.1 Å². The van der Waals surface area contributed by atoms with Gasteiger partial charge in [0.1, 0.15) is 11.6 Å². The van der Waals surface area contributed by atoms with Crippen molar-refractivity contribution in [2.45, 2.75) is 12.5 Å². The lowest BCUT2D eigenvalue weighted by atomic mass is 9.97. The van der Waals surface area contributed by atoms with Crippen LogP contribution in [0.25, 0.3) is 5.69 Å². The highest BCUT2D eigenvalue weighted by atomic mass is 19.1. The van der Waals surface area contributed by atoms with E-state index >= 15 is 0 Å². The first kappa shape index (κ1) is 13.2. The van der Waals surface area contributed by atoms with Crippen molar-refractivity contribution in [2.24, 2.45) is 11.7 Å². The van der Waals surface area contributed by atoms with Crippen LogP contribution in [0.1, 0.15) is 18.2 Å². The maximum atomic E-state index is 13.9. The molecule has 0 saturated carbocycles. The molecule has 2 aromatic rings. The fraction of sp³-hybridized carbons (Fsp3) is 0.357. The summed E-state index contributed by atoms with van der Waals surface area (Å²) in [6.07, 6.45) is 3.98. The Hall–Kier alpha value is -1.79. The minimum Gasteiger partial charge on any atom is -0.381 e. The van der Waals surface area contributed by atoms with Gasteiger partial charge in [-0.05, 0) is 18.6 Å². The Balaban J connectivity index is 1.97. The predicted octanol–water partition coefficient (Wildman–Crippen LogP) is 2.19. The lowest BCUT2D eigenvalue weighted by Gasteiger charge is -2.19. The molecule has 6 heteroatoms. The summed E-state index contributed by atoms with van der Waals surface area (Å²) in [6, 6.07) is 3.16. The van der Waals surface area contributed by atoms with E-state index < -0.39 is 11.6 Å². The average molecular weight is 279 g/mol. The van der Waals surface area contributed by atoms with Gasteiger partial charge < -0.3 is 10.5 Å². The Labute approximate surface area is 115 Å². The van der Waals surface area contributed by atoms with Crippen LogP contribution in [0.5, 0.6) is 0 Å². The van der Waals surface area contributed by atoms with Gasteiger partial charge in [0.2, 0.25) is 0 Å². The highest BCUT2D eigenvalue weighted by Gasteiger charge is 2.27. The van der Waals surface area contributed by atoms with E-state index in [2.05, 4.69) is 4.98 Å². The van der Waals surface area contributed by atoms with E-state index in [4.69, 9.17) is 10.5 Å². The quantitative estimate of drug-likeness (QED) is 0.937. The van der Waals surface area contributed by atoms with E-state index in [1.54, 1.807) is 10.8 Å². The molecule has 2 unspecified atom stereocenters. The number of halogens is 2. The summed E-state index contributed by atoms with van der Waals surface area (Å²) >= 11 is 0. The number of benzene rings is 1. The lowest BCUT2D eigenvalue weighted by molar-refractivity contribution is 0.180. The summed E-state index contributed by atoms with van der Waals surface area (Å²) in [6.45, 7) is 1.29. The zero-order valence-corrected chi connectivity index (χ0v) is 10.8. The van der Waals surface area contributed by atoms with Crippen LogP contribution >= 0.6 is 0 Å². The van der Waals surface area contributed by atoms with E-state index in [9.17, 15) is 8.78 Å². The van der Waals surface area contributed by atoms with Gasteiger partial charge in [-0.1, -0.05) is 0 Å². The van der Waals surface area contributed by atoms with Gasteiger partial charge in [0, 0.05) is 18.6 Å². The number of nitrogens with two attached hydrogens (primary N) is 1. The van der Waals surface area contributed by atoms with Crippen LogP contribution in [0.4, 0.5) is 8.78 Å². The van der Waals surface area contributed by atoms with Gasteiger partial charge in [0.25, 0.3) is 0 Å². The number of rotatable bonds is 3. The van der Waals surface area contributed by atoms with Crippen LogP contribution in [0, 0.1) is 17.6 Å². The predicted molar refractivity (Wildman–Crippen MR) is 69.3 cm³/mol. The highest BCUT2D eigenvalue weighted by molar-refractivity contribution is 5.36. The zero-order valence-electron chi connectivity index (χ0n) is 10.8. The molecule has 0 radical (unpaired) electrons. The van der Waals surface area contributed by atoms with Crippen molar-refractivity contribution in [3.8, 4) is 5.69 Å². The van der Waals surface area contributed by atoms with Gasteiger partial charge in [-0.2, -0.15) is 0 Å². The molecule has 4 nitrogen and oxygen atoms in total. The van der Waals surface area contributed by atoms with Crippen molar-refractivity contribution in [1.29, 1.82) is 0 Å². The van der Waals surface area contributed by atoms with Crippen LogP contribution in [-0.4, -0.2) is 22.8 Å². The van der Waals surface area contributed by atoms with Crippen molar-refractivity contribution in [3.05, 3.63) is 48.1 Å². The second-order valence-corrected chi connectivity index (χ2v) is 4.93. The van der Waals surface area contributed by atoms with Crippen molar-refractivity contribution in [2.75, 3.05) is 13.2 Å². The molecule has 106 valence electrons. The highest BCUT2D eigenvalue weighted by Crippen LogP contribution is 2.28. The third-order valence-electron chi connectivity index (χ3n) is 3.65. The molecular formula is C14H15F2N3O. The molecule has 0 spiro atoms. The second-order valence-electron chi connectivity index (χ2n) is 4.93. The van der Waals surface area contributed by atoms with Crippen molar-refractivity contribution < 1.29 is 13.5 Å². The second kappa shape index (κ2) is 5.30. The van der Waals surface area contributed by atoms with Gasteiger partial charge in [0.05, 0.1) is 36.6 Å². The molecule has 3 rings (SSSR count). The Morgan fingerprint density at radius 1 is 1.40 bits per heavy atom. The third kappa shape index (κ3) is 2.32. The van der Waals surface area contributed by atoms with E-state index in [1.165, 1.54) is 18.5 Å². The maximum Gasteiger partial charge on any atom is 0.150 e. The van der Waals surface area contributed by atoms with Gasteiger partial charge in [-0.15, -0.1) is 0 Å². The van der Waals surface area contributed by atoms with E-state index in [0.717, 1.165) is 12.5 Å². The van der Waals surface area contributed by atoms with Crippen LogP contribution in [-0.2, 0) is 4.74 Å². The number of imidazole rings is 1. The summed E-state index contributed by atoms with van der Waals surface area (Å²) in [4.78, 5) is 4.04. The molecular weight excluding hydrogens is 264 g/mol. The van der Waals surface area contributed by atoms with Crippen LogP contribution in [0.2, 0.25) is 0 Å². The Morgan fingerprint density at radius 3 is 2.95 bits per heavy atom. The van der Waals surface area contributed by atoms with Crippen LogP contribution in [0.15, 0.2) is 30.7 Å². The first-order valence-electron chi connectivity index (χ1n) is 6.48. The largest absolute Gasteiger partial charge is 0.381 e. The van der Waals surface area contributed by atoms with Gasteiger partial charge >= 0.3 is 0 Å². The van der Waals surface area contributed by atoms with Gasteiger partial charge in [-0.25, -0.2) is 13.8 Å². The Kier molecular flexibility index (Phi) is 3.50. The number of hydrogen-bond donors (Lipinski definition) is 1. The summed E-state index contributed by atoms with van der Waals surface area (Å²) in [5.74, 6) is -1.06. The number of aromatic nitrogens is 2. The molecule has 20 heavy (non-hydrogen) atoms. The SMILES string of the molecule is NC(c1cncn1-c1ccc(F)cc1F)C1CCOC1. The van der Waals surface area contributed by atoms with Crippen molar-refractivity contribution >= 4 is 0 Å². The molecule has 1 aliphatic heterocycles. The summed E-state index contributed by atoms with van der Waals surface area (Å²) in [5, 5.41) is 0. The minimum absolute atomic E-state index is 0.189. The molecule has 2 atom stereocenters. The summed E-state index contributed by atoms with van der Waals surface area (Å²) in [7, 11) is 0. The summed E-state index contributed by atoms with van der Waals surface area (Å²) < 4.78 is 33.8. The maximum absolute atomic E-state index is 13.9. The number of hydrogen-bond acceptors (Lipinski definition) is 3. The monoisotopic (exact) mass is 279 g/mol. The van der Waals surface area contributed by atoms with E-state index in [-0.39, 0.29) is 17.6 Å². The zero-order chi connectivity index (χ0) is 14.1. The fourth-order valence-corrected chi connectivity index (χ4v) is 2.51. The molecule has 2 heterocycles. The fourth-order valence-electron chi connectivity index (χ4n) is 2.51. The Bertz CT molecular complexity index is 608. The minimum atomic E-state index is -0.640. The van der Waals surface area contributed by atoms with E-state index in [0.29, 0.717) is 18.9 Å². The molecule has 1 aromatic carbocycles. The number of ether oxygens (including phenoxy) is 1. The van der Waals surface area contributed by atoms with E-state index in [1.807, 2.05) is 0 Å². The molecule has 0 bridgehead atoms. The molecule has 1 saturated heterocycles. The molecule has 1 fully saturated rings.